The maximum Gasteiger partial charge on any atom is 0.446 e. The Bertz CT molecular complexity index is 2610. The summed E-state index contributed by atoms with van der Waals surface area (Å²) < 4.78 is 59.3. The van der Waals surface area contributed by atoms with Crippen molar-refractivity contribution >= 4 is 40.7 Å². The molecule has 0 unspecified atom stereocenters. The number of anilines is 2. The van der Waals surface area contributed by atoms with Gasteiger partial charge in [-0.25, -0.2) is 9.97 Å². The number of alkyl halides is 3. The number of hydrogen-bond acceptors (Lipinski definition) is 12. The van der Waals surface area contributed by atoms with E-state index in [1.165, 1.54) is 30.6 Å². The van der Waals surface area contributed by atoms with E-state index in [9.17, 15) is 27.6 Å². The van der Waals surface area contributed by atoms with E-state index in [2.05, 4.69) is 20.4 Å². The average molecular weight is 842 g/mol. The molecule has 15 nitrogen and oxygen atoms in total. The lowest BCUT2D eigenvalue weighted by molar-refractivity contribution is -0.116. The zero-order valence-electron chi connectivity index (χ0n) is 32.4. The van der Waals surface area contributed by atoms with Crippen molar-refractivity contribution in [1.82, 2.24) is 34.0 Å². The van der Waals surface area contributed by atoms with Crippen LogP contribution in [0.15, 0.2) is 88.8 Å². The lowest BCUT2D eigenvalue weighted by Crippen LogP contribution is -2.51. The number of rotatable bonds is 11. The van der Waals surface area contributed by atoms with Crippen molar-refractivity contribution < 1.29 is 37.0 Å². The molecule has 1 N–H and O–H groups in total. The van der Waals surface area contributed by atoms with Gasteiger partial charge in [0.15, 0.2) is 28.8 Å². The number of aromatic nitrogens is 6. The number of thioether (sulfide) groups is 1. The van der Waals surface area contributed by atoms with Gasteiger partial charge >= 0.3 is 5.51 Å². The molecule has 2 aliphatic rings. The van der Waals surface area contributed by atoms with Crippen LogP contribution in [-0.2, 0) is 24.4 Å². The standard InChI is InChI=1S/C41H38F3N9O6S/c1-3-30-34(50-16-18-51(19-17-50)38(55)33-35(25(2)45-24-46-33)59-23-26-8-5-4-6-9-26)39(56)53-40(48-37(49-53)29-10-7-11-31-36(29)58-21-20-57-31)52(30)22-32(54)47-27-12-14-28(15-13-27)60-41(42,43)44/h4-15,24H,3,16-23H2,1-2H3,(H,47,54). The van der Waals surface area contributed by atoms with Gasteiger partial charge < -0.3 is 33.9 Å². The first kappa shape index (κ1) is 40.2. The number of carbonyl (C=O) groups excluding carboxylic acids is 2. The highest BCUT2D eigenvalue weighted by atomic mass is 32.2. The van der Waals surface area contributed by atoms with Crippen LogP contribution in [0.2, 0.25) is 0 Å². The molecule has 2 aliphatic heterocycles. The van der Waals surface area contributed by atoms with Crippen LogP contribution in [0.5, 0.6) is 17.2 Å². The van der Waals surface area contributed by atoms with Crippen LogP contribution in [0.1, 0.15) is 34.4 Å². The third-order valence-electron chi connectivity index (χ3n) is 9.93. The molecule has 5 heterocycles. The summed E-state index contributed by atoms with van der Waals surface area (Å²) in [6.45, 7) is 5.17. The second kappa shape index (κ2) is 16.9. The first-order valence-corrected chi connectivity index (χ1v) is 19.9. The molecule has 0 bridgehead atoms. The third kappa shape index (κ3) is 8.43. The quantitative estimate of drug-likeness (QED) is 0.157. The van der Waals surface area contributed by atoms with Gasteiger partial charge in [-0.3, -0.25) is 14.4 Å². The van der Waals surface area contributed by atoms with Crippen LogP contribution in [0.4, 0.5) is 24.5 Å². The number of amides is 2. The van der Waals surface area contributed by atoms with Gasteiger partial charge in [-0.15, -0.1) is 5.10 Å². The van der Waals surface area contributed by atoms with Crippen LogP contribution in [0.25, 0.3) is 17.2 Å². The number of piperazine rings is 1. The Morgan fingerprint density at radius 1 is 0.933 bits per heavy atom. The van der Waals surface area contributed by atoms with E-state index in [1.54, 1.807) is 34.6 Å². The van der Waals surface area contributed by atoms with Crippen molar-refractivity contribution in [1.29, 1.82) is 0 Å². The molecule has 6 aromatic rings. The number of benzene rings is 3. The Labute approximate surface area is 345 Å². The van der Waals surface area contributed by atoms with Gasteiger partial charge in [0.1, 0.15) is 38.4 Å². The summed E-state index contributed by atoms with van der Waals surface area (Å²) in [5, 5.41) is 7.39. The van der Waals surface area contributed by atoms with Gasteiger partial charge in [0.2, 0.25) is 11.7 Å². The number of ether oxygens (including phenoxy) is 3. The minimum absolute atomic E-state index is 0.0280. The highest BCUT2D eigenvalue weighted by Gasteiger charge is 2.32. The van der Waals surface area contributed by atoms with Gasteiger partial charge in [-0.05, 0) is 67.1 Å². The summed E-state index contributed by atoms with van der Waals surface area (Å²) in [7, 11) is 0. The van der Waals surface area contributed by atoms with E-state index in [0.717, 1.165) is 10.1 Å². The zero-order valence-corrected chi connectivity index (χ0v) is 33.3. The lowest BCUT2D eigenvalue weighted by atomic mass is 10.1. The number of nitrogens with one attached hydrogen (secondary N) is 1. The summed E-state index contributed by atoms with van der Waals surface area (Å²) in [5.41, 5.74) is -1.80. The van der Waals surface area contributed by atoms with Crippen molar-refractivity contribution in [3.8, 4) is 28.6 Å². The van der Waals surface area contributed by atoms with E-state index in [1.807, 2.05) is 42.2 Å². The minimum atomic E-state index is -4.46. The van der Waals surface area contributed by atoms with Crippen molar-refractivity contribution in [3.63, 3.8) is 0 Å². The first-order chi connectivity index (χ1) is 29.0. The summed E-state index contributed by atoms with van der Waals surface area (Å²) in [6, 6.07) is 20.1. The topological polar surface area (TPSA) is 158 Å². The van der Waals surface area contributed by atoms with E-state index in [-0.39, 0.29) is 90.6 Å². The van der Waals surface area contributed by atoms with Gasteiger partial charge in [0.25, 0.3) is 11.5 Å². The molecular formula is C41H38F3N9O6S. The number of nitrogens with zero attached hydrogens (tertiary/aromatic N) is 8. The summed E-state index contributed by atoms with van der Waals surface area (Å²) in [6.07, 6.45) is 1.63. The monoisotopic (exact) mass is 841 g/mol. The molecular weight excluding hydrogens is 804 g/mol. The fourth-order valence-electron chi connectivity index (χ4n) is 7.18. The Morgan fingerprint density at radius 3 is 2.42 bits per heavy atom. The van der Waals surface area contributed by atoms with Gasteiger partial charge in [0.05, 0.1) is 17.0 Å². The van der Waals surface area contributed by atoms with Crippen LogP contribution in [0.3, 0.4) is 0 Å². The SMILES string of the molecule is CCc1c(N2CCN(C(=O)c3ncnc(C)c3OCc3ccccc3)CC2)c(=O)n2nc(-c3cccc4c3OCCO4)nc2n1CC(=O)Nc1ccc(SC(F)(F)F)cc1. The Hall–Kier alpha value is -6.63. The smallest absolute Gasteiger partial charge is 0.446 e. The molecule has 310 valence electrons. The molecule has 1 saturated heterocycles. The van der Waals surface area contributed by atoms with E-state index in [4.69, 9.17) is 19.2 Å². The zero-order chi connectivity index (χ0) is 42.0. The highest BCUT2D eigenvalue weighted by molar-refractivity contribution is 8.00. The fourth-order valence-corrected chi connectivity index (χ4v) is 7.72. The number of aryl methyl sites for hydroxylation is 1. The lowest BCUT2D eigenvalue weighted by Gasteiger charge is -2.36. The first-order valence-electron chi connectivity index (χ1n) is 19.1. The van der Waals surface area contributed by atoms with Crippen molar-refractivity contribution in [2.75, 3.05) is 49.6 Å². The molecule has 0 aliphatic carbocycles. The Kier molecular flexibility index (Phi) is 11.3. The second-order valence-electron chi connectivity index (χ2n) is 13.8. The van der Waals surface area contributed by atoms with Crippen molar-refractivity contribution in [2.24, 2.45) is 0 Å². The average Bonchev–Trinajstić information content (AvgIpc) is 3.70. The minimum Gasteiger partial charge on any atom is -0.486 e. The Morgan fingerprint density at radius 2 is 1.68 bits per heavy atom. The Balaban J connectivity index is 1.10. The predicted octanol–water partition coefficient (Wildman–Crippen LogP) is 5.78. The molecule has 2 amide bonds. The van der Waals surface area contributed by atoms with E-state index >= 15 is 0 Å². The number of para-hydroxylation sites is 1. The number of halogens is 3. The molecule has 0 spiro atoms. The van der Waals surface area contributed by atoms with Crippen molar-refractivity contribution in [2.45, 2.75) is 43.8 Å². The van der Waals surface area contributed by atoms with Crippen LogP contribution in [-0.4, -0.2) is 90.7 Å². The third-order valence-corrected chi connectivity index (χ3v) is 10.7. The van der Waals surface area contributed by atoms with Gasteiger partial charge in [-0.1, -0.05) is 43.3 Å². The predicted molar refractivity (Wildman–Crippen MR) is 216 cm³/mol. The molecule has 3 aromatic heterocycles. The normalized spacial score (nSPS) is 14.0. The molecule has 3 aromatic carbocycles. The fraction of sp³-hybridized carbons (Fsp3) is 0.293. The number of hydrogen-bond donors (Lipinski definition) is 1. The summed E-state index contributed by atoms with van der Waals surface area (Å²) in [5.74, 6) is 0.621. The van der Waals surface area contributed by atoms with Crippen LogP contribution in [0, 0.1) is 6.92 Å². The van der Waals surface area contributed by atoms with E-state index < -0.39 is 17.0 Å². The largest absolute Gasteiger partial charge is 0.486 e. The van der Waals surface area contributed by atoms with E-state index in [0.29, 0.717) is 53.8 Å². The summed E-state index contributed by atoms with van der Waals surface area (Å²) >= 11 is -0.253. The molecule has 19 heteroatoms. The molecule has 60 heavy (non-hydrogen) atoms. The molecule has 1 fully saturated rings. The molecule has 0 radical (unpaired) electrons. The maximum absolute atomic E-state index is 14.6. The maximum atomic E-state index is 14.6. The van der Waals surface area contributed by atoms with Crippen LogP contribution >= 0.6 is 11.8 Å². The van der Waals surface area contributed by atoms with Crippen molar-refractivity contribution in [3.05, 3.63) is 112 Å². The molecule has 0 atom stereocenters. The molecule has 0 saturated carbocycles. The summed E-state index contributed by atoms with van der Waals surface area (Å²) in [4.78, 5) is 59.1. The molecule has 8 rings (SSSR count). The van der Waals surface area contributed by atoms with Gasteiger partial charge in [0, 0.05) is 36.8 Å². The number of carbonyl (C=O) groups is 2. The highest BCUT2D eigenvalue weighted by Crippen LogP contribution is 2.39. The van der Waals surface area contributed by atoms with Crippen LogP contribution < -0.4 is 30.0 Å². The van der Waals surface area contributed by atoms with Gasteiger partial charge in [-0.2, -0.15) is 22.7 Å². The second-order valence-corrected chi connectivity index (χ2v) is 15.0. The number of fused-ring (bicyclic) bond motifs is 2.